The summed E-state index contributed by atoms with van der Waals surface area (Å²) in [6.45, 7) is -1.68. The Labute approximate surface area is 103 Å². The molecule has 1 aromatic rings. The van der Waals surface area contributed by atoms with Crippen molar-refractivity contribution < 1.29 is 17.9 Å². The van der Waals surface area contributed by atoms with Crippen LogP contribution in [0, 0.1) is 5.82 Å². The molecule has 0 spiro atoms. The fraction of sp³-hybridized carbons (Fsp3) is 0.500. The number of nitrogens with two attached hydrogens (primary N) is 1. The molecule has 6 heteroatoms. The van der Waals surface area contributed by atoms with Crippen molar-refractivity contribution in [3.8, 4) is 5.75 Å². The average molecular weight is 260 g/mol. The van der Waals surface area contributed by atoms with E-state index < -0.39 is 12.4 Å². The summed E-state index contributed by atoms with van der Waals surface area (Å²) in [5, 5.41) is 0. The molecular formula is C12H15F3N2O. The highest BCUT2D eigenvalue weighted by atomic mass is 19.3. The molecule has 1 aliphatic heterocycles. The van der Waals surface area contributed by atoms with Crippen molar-refractivity contribution in [3.63, 3.8) is 0 Å². The summed E-state index contributed by atoms with van der Waals surface area (Å²) in [6, 6.07) is 3.67. The monoisotopic (exact) mass is 260 g/mol. The molecule has 0 aliphatic carbocycles. The summed E-state index contributed by atoms with van der Waals surface area (Å²) in [7, 11) is 0. The van der Waals surface area contributed by atoms with Crippen LogP contribution < -0.4 is 15.4 Å². The second-order valence-corrected chi connectivity index (χ2v) is 4.32. The van der Waals surface area contributed by atoms with Gasteiger partial charge in [-0.3, -0.25) is 0 Å². The maximum atomic E-state index is 13.2. The molecule has 1 heterocycles. The standard InChI is InChI=1S/C12H15F3N2O/c13-8-1-2-11(18-12(14)15)10(7-8)17-5-3-9(16)4-6-17/h1-2,7,9,12H,3-6,16H2. The molecule has 0 bridgehead atoms. The molecule has 1 aromatic carbocycles. The van der Waals surface area contributed by atoms with Crippen LogP contribution >= 0.6 is 0 Å². The topological polar surface area (TPSA) is 38.5 Å². The number of hydrogen-bond acceptors (Lipinski definition) is 3. The molecule has 1 fully saturated rings. The van der Waals surface area contributed by atoms with Gasteiger partial charge >= 0.3 is 6.61 Å². The zero-order valence-electron chi connectivity index (χ0n) is 9.78. The maximum absolute atomic E-state index is 13.2. The number of halogens is 3. The van der Waals surface area contributed by atoms with E-state index in [0.29, 0.717) is 18.8 Å². The summed E-state index contributed by atoms with van der Waals surface area (Å²) in [4.78, 5) is 1.82. The lowest BCUT2D eigenvalue weighted by molar-refractivity contribution is -0.0495. The van der Waals surface area contributed by atoms with Gasteiger partial charge in [-0.25, -0.2) is 4.39 Å². The van der Waals surface area contributed by atoms with Crippen LogP contribution in [0.15, 0.2) is 18.2 Å². The van der Waals surface area contributed by atoms with Gasteiger partial charge in [-0.15, -0.1) is 0 Å². The van der Waals surface area contributed by atoms with Gasteiger partial charge in [-0.05, 0) is 25.0 Å². The predicted octanol–water partition coefficient (Wildman–Crippen LogP) is 2.35. The van der Waals surface area contributed by atoms with Crippen LogP contribution in [0.25, 0.3) is 0 Å². The Bertz CT molecular complexity index is 406. The van der Waals surface area contributed by atoms with Crippen molar-refractivity contribution in [3.05, 3.63) is 24.0 Å². The van der Waals surface area contributed by atoms with E-state index in [4.69, 9.17) is 5.73 Å². The second-order valence-electron chi connectivity index (χ2n) is 4.32. The number of alkyl halides is 2. The lowest BCUT2D eigenvalue weighted by atomic mass is 10.1. The van der Waals surface area contributed by atoms with Crippen LogP contribution in [-0.4, -0.2) is 25.7 Å². The van der Waals surface area contributed by atoms with Crippen molar-refractivity contribution in [1.82, 2.24) is 0 Å². The Kier molecular flexibility index (Phi) is 3.96. The van der Waals surface area contributed by atoms with Crippen molar-refractivity contribution in [2.75, 3.05) is 18.0 Å². The van der Waals surface area contributed by atoms with Crippen molar-refractivity contribution >= 4 is 5.69 Å². The molecule has 0 saturated carbocycles. The SMILES string of the molecule is NC1CCN(c2cc(F)ccc2OC(F)F)CC1. The first kappa shape index (κ1) is 13.0. The first-order chi connectivity index (χ1) is 8.56. The third kappa shape index (κ3) is 3.07. The minimum absolute atomic E-state index is 0.00173. The molecule has 1 saturated heterocycles. The van der Waals surface area contributed by atoms with E-state index in [-0.39, 0.29) is 11.8 Å². The molecule has 0 amide bonds. The van der Waals surface area contributed by atoms with Crippen LogP contribution in [0.5, 0.6) is 5.75 Å². The Hall–Kier alpha value is -1.43. The van der Waals surface area contributed by atoms with Gasteiger partial charge in [-0.1, -0.05) is 0 Å². The number of benzene rings is 1. The third-order valence-electron chi connectivity index (χ3n) is 3.02. The first-order valence-corrected chi connectivity index (χ1v) is 5.81. The molecule has 2 N–H and O–H groups in total. The van der Waals surface area contributed by atoms with Crippen molar-refractivity contribution in [1.29, 1.82) is 0 Å². The Morgan fingerprint density at radius 2 is 1.94 bits per heavy atom. The number of rotatable bonds is 3. The number of anilines is 1. The summed E-state index contributed by atoms with van der Waals surface area (Å²) in [5.41, 5.74) is 6.13. The summed E-state index contributed by atoms with van der Waals surface area (Å²) >= 11 is 0. The molecule has 0 atom stereocenters. The zero-order chi connectivity index (χ0) is 13.1. The number of piperidine rings is 1. The lowest BCUT2D eigenvalue weighted by Gasteiger charge is -2.32. The minimum atomic E-state index is -2.92. The lowest BCUT2D eigenvalue weighted by Crippen LogP contribution is -2.39. The Balaban J connectivity index is 2.21. The van der Waals surface area contributed by atoms with E-state index in [0.717, 1.165) is 18.9 Å². The highest BCUT2D eigenvalue weighted by molar-refractivity contribution is 5.59. The Morgan fingerprint density at radius 3 is 2.56 bits per heavy atom. The molecule has 0 radical (unpaired) electrons. The first-order valence-electron chi connectivity index (χ1n) is 5.81. The maximum Gasteiger partial charge on any atom is 0.387 e. The van der Waals surface area contributed by atoms with Gasteiger partial charge in [0.2, 0.25) is 0 Å². The van der Waals surface area contributed by atoms with Crippen LogP contribution in [0.1, 0.15) is 12.8 Å². The molecule has 0 aromatic heterocycles. The van der Waals surface area contributed by atoms with Gasteiger partial charge in [0.25, 0.3) is 0 Å². The largest absolute Gasteiger partial charge is 0.433 e. The number of ether oxygens (including phenoxy) is 1. The van der Waals surface area contributed by atoms with Gasteiger partial charge in [0, 0.05) is 25.2 Å². The van der Waals surface area contributed by atoms with E-state index in [2.05, 4.69) is 4.74 Å². The number of hydrogen-bond donors (Lipinski definition) is 1. The van der Waals surface area contributed by atoms with Gasteiger partial charge in [0.05, 0.1) is 5.69 Å². The summed E-state index contributed by atoms with van der Waals surface area (Å²) in [5.74, 6) is -0.469. The van der Waals surface area contributed by atoms with E-state index in [1.165, 1.54) is 12.1 Å². The fourth-order valence-corrected chi connectivity index (χ4v) is 2.07. The zero-order valence-corrected chi connectivity index (χ0v) is 9.78. The van der Waals surface area contributed by atoms with Crippen LogP contribution in [-0.2, 0) is 0 Å². The molecule has 1 aliphatic rings. The smallest absolute Gasteiger partial charge is 0.387 e. The quantitative estimate of drug-likeness (QED) is 0.906. The second kappa shape index (κ2) is 5.48. The summed E-state index contributed by atoms with van der Waals surface area (Å²) in [6.07, 6.45) is 1.51. The van der Waals surface area contributed by atoms with Gasteiger partial charge in [-0.2, -0.15) is 8.78 Å². The van der Waals surface area contributed by atoms with Crippen LogP contribution in [0.3, 0.4) is 0 Å². The van der Waals surface area contributed by atoms with E-state index in [1.807, 2.05) is 4.90 Å². The van der Waals surface area contributed by atoms with Gasteiger partial charge < -0.3 is 15.4 Å². The predicted molar refractivity (Wildman–Crippen MR) is 62.5 cm³/mol. The molecular weight excluding hydrogens is 245 g/mol. The van der Waals surface area contributed by atoms with Gasteiger partial charge in [0.15, 0.2) is 0 Å². The number of nitrogens with zero attached hydrogens (tertiary/aromatic N) is 1. The van der Waals surface area contributed by atoms with E-state index in [9.17, 15) is 13.2 Å². The normalized spacial score (nSPS) is 17.3. The van der Waals surface area contributed by atoms with Crippen molar-refractivity contribution in [2.45, 2.75) is 25.5 Å². The highest BCUT2D eigenvalue weighted by Crippen LogP contribution is 2.32. The Morgan fingerprint density at radius 1 is 1.28 bits per heavy atom. The van der Waals surface area contributed by atoms with Gasteiger partial charge in [0.1, 0.15) is 11.6 Å². The molecule has 18 heavy (non-hydrogen) atoms. The van der Waals surface area contributed by atoms with E-state index in [1.54, 1.807) is 0 Å². The minimum Gasteiger partial charge on any atom is -0.433 e. The average Bonchev–Trinajstić information content (AvgIpc) is 2.32. The fourth-order valence-electron chi connectivity index (χ4n) is 2.07. The summed E-state index contributed by atoms with van der Waals surface area (Å²) < 4.78 is 42.2. The van der Waals surface area contributed by atoms with Crippen LogP contribution in [0.4, 0.5) is 18.9 Å². The molecule has 100 valence electrons. The molecule has 3 nitrogen and oxygen atoms in total. The molecule has 0 unspecified atom stereocenters. The highest BCUT2D eigenvalue weighted by Gasteiger charge is 2.21. The van der Waals surface area contributed by atoms with E-state index >= 15 is 0 Å². The molecule has 2 rings (SSSR count). The van der Waals surface area contributed by atoms with Crippen molar-refractivity contribution in [2.24, 2.45) is 5.73 Å². The third-order valence-corrected chi connectivity index (χ3v) is 3.02. The van der Waals surface area contributed by atoms with Crippen LogP contribution in [0.2, 0.25) is 0 Å².